The largest absolute Gasteiger partial charge is 0.497 e. The van der Waals surface area contributed by atoms with Gasteiger partial charge >= 0.3 is 7.12 Å². The van der Waals surface area contributed by atoms with Crippen molar-refractivity contribution >= 4 is 29.5 Å². The molecule has 10 heteroatoms. The second-order valence-electron chi connectivity index (χ2n) is 11.5. The summed E-state index contributed by atoms with van der Waals surface area (Å²) in [5.74, 6) is 0.248. The molecule has 3 heterocycles. The second kappa shape index (κ2) is 8.69. The lowest BCUT2D eigenvalue weighted by Gasteiger charge is -2.32. The summed E-state index contributed by atoms with van der Waals surface area (Å²) in [6.45, 7) is 10.0. The van der Waals surface area contributed by atoms with Gasteiger partial charge in [-0.05, 0) is 58.4 Å². The summed E-state index contributed by atoms with van der Waals surface area (Å²) in [4.78, 5) is 20.5. The van der Waals surface area contributed by atoms with Gasteiger partial charge in [-0.25, -0.2) is 9.37 Å². The summed E-state index contributed by atoms with van der Waals surface area (Å²) < 4.78 is 29.6. The maximum absolute atomic E-state index is 15.9. The number of aryl methyl sites for hydroxylation is 1. The molecule has 2 fully saturated rings. The molecular weight excluding hydrogens is 460 g/mol. The lowest BCUT2D eigenvalue weighted by molar-refractivity contribution is 0.00578. The number of amides is 1. The fourth-order valence-corrected chi connectivity index (χ4v) is 5.60. The molecule has 192 valence electrons. The molecular formula is C26H35BFN5O3. The summed E-state index contributed by atoms with van der Waals surface area (Å²) in [5, 5.41) is 4.33. The predicted octanol–water partition coefficient (Wildman–Crippen LogP) is 3.79. The van der Waals surface area contributed by atoms with Crippen molar-refractivity contribution in [3.8, 4) is 0 Å². The minimum Gasteiger partial charge on any atom is -0.399 e. The van der Waals surface area contributed by atoms with Crippen LogP contribution in [-0.4, -0.2) is 44.0 Å². The first-order valence-corrected chi connectivity index (χ1v) is 12.7. The van der Waals surface area contributed by atoms with Crippen molar-refractivity contribution in [2.75, 3.05) is 0 Å². The van der Waals surface area contributed by atoms with Crippen LogP contribution in [0.25, 0.3) is 11.0 Å². The van der Waals surface area contributed by atoms with Crippen molar-refractivity contribution in [3.63, 3.8) is 0 Å². The molecule has 1 aromatic carbocycles. The van der Waals surface area contributed by atoms with Crippen LogP contribution in [0, 0.1) is 17.7 Å². The highest BCUT2D eigenvalue weighted by Crippen LogP contribution is 2.43. The Hall–Kier alpha value is -2.72. The third-order valence-electron chi connectivity index (χ3n) is 8.51. The quantitative estimate of drug-likeness (QED) is 0.524. The molecule has 2 aliphatic rings. The van der Waals surface area contributed by atoms with Crippen LogP contribution >= 0.6 is 0 Å². The van der Waals surface area contributed by atoms with E-state index in [1.807, 2.05) is 33.8 Å². The van der Waals surface area contributed by atoms with Crippen molar-refractivity contribution in [2.24, 2.45) is 24.6 Å². The molecule has 0 unspecified atom stereocenters. The van der Waals surface area contributed by atoms with E-state index in [0.29, 0.717) is 28.4 Å². The van der Waals surface area contributed by atoms with E-state index in [1.165, 1.54) is 4.68 Å². The minimum absolute atomic E-state index is 0.231. The highest BCUT2D eigenvalue weighted by atomic mass is 19.1. The molecule has 2 aromatic heterocycles. The Bertz CT molecular complexity index is 1290. The predicted molar refractivity (Wildman–Crippen MR) is 136 cm³/mol. The van der Waals surface area contributed by atoms with Gasteiger partial charge in [0.25, 0.3) is 5.91 Å². The van der Waals surface area contributed by atoms with Crippen LogP contribution in [0.5, 0.6) is 0 Å². The summed E-state index contributed by atoms with van der Waals surface area (Å²) in [7, 11) is 0.883. The van der Waals surface area contributed by atoms with E-state index in [4.69, 9.17) is 20.0 Å². The fraction of sp³-hybridized carbons (Fsp3) is 0.577. The number of primary amides is 1. The topological polar surface area (TPSA) is 108 Å². The number of carbonyl (C=O) groups excluding carboxylic acids is 1. The number of H-pyrrole nitrogens is 1. The minimum atomic E-state index is -0.824. The molecule has 1 saturated carbocycles. The number of hydrogen-bond donors (Lipinski definition) is 2. The summed E-state index contributed by atoms with van der Waals surface area (Å²) in [6.07, 6.45) is 5.85. The van der Waals surface area contributed by atoms with Crippen LogP contribution in [-0.2, 0) is 16.4 Å². The summed E-state index contributed by atoms with van der Waals surface area (Å²) >= 11 is 0. The zero-order valence-electron chi connectivity index (χ0n) is 21.9. The van der Waals surface area contributed by atoms with Gasteiger partial charge in [-0.15, -0.1) is 0 Å². The van der Waals surface area contributed by atoms with Crippen molar-refractivity contribution < 1.29 is 18.5 Å². The Morgan fingerprint density at radius 3 is 2.44 bits per heavy atom. The van der Waals surface area contributed by atoms with Crippen LogP contribution < -0.4 is 11.2 Å². The second-order valence-corrected chi connectivity index (χ2v) is 11.5. The number of nitrogens with one attached hydrogen (secondary N) is 1. The maximum Gasteiger partial charge on any atom is 0.497 e. The average Bonchev–Trinajstić information content (AvgIpc) is 3.44. The Morgan fingerprint density at radius 2 is 1.83 bits per heavy atom. The Kier molecular flexibility index (Phi) is 6.03. The van der Waals surface area contributed by atoms with E-state index in [0.717, 1.165) is 31.2 Å². The number of hydrogen-bond acceptors (Lipinski definition) is 5. The van der Waals surface area contributed by atoms with E-state index in [1.54, 1.807) is 19.3 Å². The van der Waals surface area contributed by atoms with Gasteiger partial charge < -0.3 is 20.0 Å². The number of nitrogens with two attached hydrogens (primary N) is 1. The van der Waals surface area contributed by atoms with E-state index in [-0.39, 0.29) is 17.4 Å². The number of aromatic amines is 1. The molecule has 1 aliphatic heterocycles. The smallest absolute Gasteiger partial charge is 0.399 e. The van der Waals surface area contributed by atoms with Crippen LogP contribution in [0.3, 0.4) is 0 Å². The molecule has 0 spiro atoms. The van der Waals surface area contributed by atoms with Crippen LogP contribution in [0.1, 0.15) is 88.1 Å². The molecule has 8 nitrogen and oxygen atoms in total. The fourth-order valence-electron chi connectivity index (χ4n) is 5.60. The third-order valence-corrected chi connectivity index (χ3v) is 8.51. The highest BCUT2D eigenvalue weighted by molar-refractivity contribution is 6.62. The summed E-state index contributed by atoms with van der Waals surface area (Å²) in [5.41, 5.74) is 6.81. The molecule has 1 saturated heterocycles. The molecule has 0 radical (unpaired) electrons. The normalized spacial score (nSPS) is 24.4. The average molecular weight is 495 g/mol. The van der Waals surface area contributed by atoms with Gasteiger partial charge in [-0.3, -0.25) is 9.48 Å². The maximum atomic E-state index is 15.9. The molecule has 1 atom stereocenters. The monoisotopic (exact) mass is 495 g/mol. The van der Waals surface area contributed by atoms with E-state index in [9.17, 15) is 4.79 Å². The van der Waals surface area contributed by atoms with Crippen molar-refractivity contribution in [1.82, 2.24) is 19.7 Å². The zero-order valence-corrected chi connectivity index (χ0v) is 21.9. The summed E-state index contributed by atoms with van der Waals surface area (Å²) in [6, 6.07) is 3.51. The van der Waals surface area contributed by atoms with Gasteiger partial charge in [0.15, 0.2) is 5.82 Å². The van der Waals surface area contributed by atoms with E-state index < -0.39 is 30.0 Å². The highest BCUT2D eigenvalue weighted by Gasteiger charge is 2.52. The van der Waals surface area contributed by atoms with Gasteiger partial charge in [-0.2, -0.15) is 5.10 Å². The van der Waals surface area contributed by atoms with Crippen molar-refractivity contribution in [2.45, 2.75) is 77.4 Å². The number of halogens is 1. The molecule has 36 heavy (non-hydrogen) atoms. The Labute approximate surface area is 211 Å². The number of imidazole rings is 1. The number of rotatable bonds is 5. The SMILES string of the molecule is CC1CCC([C@H](c2nc3c(F)c(B4OC(C)(C)C(C)(C)O4)ccc3[nH]2)c2cnn(C)c2C(N)=O)CC1. The van der Waals surface area contributed by atoms with Crippen molar-refractivity contribution in [1.29, 1.82) is 0 Å². The molecule has 1 aliphatic carbocycles. The number of fused-ring (bicyclic) bond motifs is 1. The Morgan fingerprint density at radius 1 is 1.19 bits per heavy atom. The number of aromatic nitrogens is 4. The van der Waals surface area contributed by atoms with Gasteiger partial charge in [0, 0.05) is 24.0 Å². The van der Waals surface area contributed by atoms with Crippen molar-refractivity contribution in [3.05, 3.63) is 41.2 Å². The first-order chi connectivity index (χ1) is 16.9. The number of benzene rings is 1. The first kappa shape index (κ1) is 25.0. The van der Waals surface area contributed by atoms with Gasteiger partial charge in [0.1, 0.15) is 17.0 Å². The van der Waals surface area contributed by atoms with Gasteiger partial charge in [0.05, 0.1) is 22.9 Å². The molecule has 3 aromatic rings. The standard InChI is InChI=1S/C26H35BFN5O3/c1-14-7-9-15(10-8-14)19(16-13-30-33(6)22(16)23(29)34)24-31-18-12-11-17(20(28)21(18)32-24)27-35-25(2,3)26(4,5)36-27/h11-15,19H,7-10H2,1-6H3,(H2,29,34)(H,31,32)/t14?,15?,19-/m0/s1. The molecule has 1 amide bonds. The van der Waals surface area contributed by atoms with Crippen LogP contribution in [0.2, 0.25) is 0 Å². The van der Waals surface area contributed by atoms with Gasteiger partial charge in [0.2, 0.25) is 0 Å². The lowest BCUT2D eigenvalue weighted by atomic mass is 9.73. The molecule has 0 bridgehead atoms. The number of nitrogens with zero attached hydrogens (tertiary/aromatic N) is 3. The Balaban J connectivity index is 1.59. The lowest BCUT2D eigenvalue weighted by Crippen LogP contribution is -2.41. The molecule has 3 N–H and O–H groups in total. The van der Waals surface area contributed by atoms with E-state index in [2.05, 4.69) is 17.0 Å². The third kappa shape index (κ3) is 4.04. The number of carbonyl (C=O) groups is 1. The van der Waals surface area contributed by atoms with Gasteiger partial charge in [-0.1, -0.05) is 25.8 Å². The zero-order chi connectivity index (χ0) is 26.0. The van der Waals surface area contributed by atoms with E-state index >= 15 is 4.39 Å². The first-order valence-electron chi connectivity index (χ1n) is 12.7. The van der Waals surface area contributed by atoms with Crippen LogP contribution in [0.15, 0.2) is 18.3 Å². The molecule has 5 rings (SSSR count). The van der Waals surface area contributed by atoms with Crippen LogP contribution in [0.4, 0.5) is 4.39 Å².